The molecule has 2 heterocycles. The molecule has 0 radical (unpaired) electrons. The summed E-state index contributed by atoms with van der Waals surface area (Å²) in [6.45, 7) is 7.97. The van der Waals surface area contributed by atoms with Crippen molar-refractivity contribution in [2.24, 2.45) is 5.92 Å². The Balaban J connectivity index is 1.73. The molecule has 3 rings (SSSR count). The lowest BCUT2D eigenvalue weighted by Gasteiger charge is -2.42. The summed E-state index contributed by atoms with van der Waals surface area (Å²) in [4.78, 5) is 43.1. The van der Waals surface area contributed by atoms with Crippen LogP contribution in [0.5, 0.6) is 0 Å². The van der Waals surface area contributed by atoms with Crippen molar-refractivity contribution >= 4 is 29.4 Å². The number of ether oxygens (including phenoxy) is 1. The predicted octanol–water partition coefficient (Wildman–Crippen LogP) is 4.92. The maximum Gasteiger partial charge on any atom is 0.413 e. The molecule has 0 saturated carbocycles. The number of anilines is 2. The number of hydrogen-bond acceptors (Lipinski definition) is 5. The molecule has 2 N–H and O–H groups in total. The minimum atomic E-state index is -2.97. The Morgan fingerprint density at radius 1 is 1.14 bits per heavy atom. The Labute approximate surface area is 203 Å². The van der Waals surface area contributed by atoms with Gasteiger partial charge in [-0.3, -0.25) is 14.9 Å². The minimum absolute atomic E-state index is 0.224. The van der Waals surface area contributed by atoms with Crippen LogP contribution >= 0.6 is 0 Å². The molecule has 2 atom stereocenters. The van der Waals surface area contributed by atoms with E-state index in [0.717, 1.165) is 0 Å². The van der Waals surface area contributed by atoms with E-state index in [4.69, 9.17) is 4.74 Å². The van der Waals surface area contributed by atoms with E-state index >= 15 is 0 Å². The number of likely N-dealkylation sites (tertiary alicyclic amines) is 1. The molecule has 0 spiro atoms. The Bertz CT molecular complexity index is 1100. The zero-order valence-corrected chi connectivity index (χ0v) is 20.4. The smallest absolute Gasteiger partial charge is 0.413 e. The number of rotatable bonds is 3. The Morgan fingerprint density at radius 2 is 1.80 bits per heavy atom. The number of benzene rings is 1. The van der Waals surface area contributed by atoms with Gasteiger partial charge in [-0.15, -0.1) is 0 Å². The number of aryl methyl sites for hydroxylation is 1. The average molecular weight is 489 g/mol. The van der Waals surface area contributed by atoms with Gasteiger partial charge in [0.1, 0.15) is 11.4 Å². The predicted molar refractivity (Wildman–Crippen MR) is 127 cm³/mol. The van der Waals surface area contributed by atoms with Gasteiger partial charge in [0.05, 0.1) is 17.9 Å². The molecule has 10 heteroatoms. The third kappa shape index (κ3) is 6.52. The molecule has 188 valence electrons. The first kappa shape index (κ1) is 26.1. The van der Waals surface area contributed by atoms with Gasteiger partial charge in [-0.2, -0.15) is 0 Å². The van der Waals surface area contributed by atoms with Crippen LogP contribution in [0.2, 0.25) is 0 Å². The minimum Gasteiger partial charge on any atom is -0.444 e. The van der Waals surface area contributed by atoms with Gasteiger partial charge < -0.3 is 15.0 Å². The second-order valence-electron chi connectivity index (χ2n) is 9.72. The van der Waals surface area contributed by atoms with E-state index in [0.29, 0.717) is 11.1 Å². The first-order valence-electron chi connectivity index (χ1n) is 11.3. The van der Waals surface area contributed by atoms with Crippen molar-refractivity contribution in [3.8, 4) is 0 Å². The van der Waals surface area contributed by atoms with Crippen LogP contribution in [0.15, 0.2) is 42.6 Å². The average Bonchev–Trinajstić information content (AvgIpc) is 2.76. The second-order valence-corrected chi connectivity index (χ2v) is 9.72. The number of aromatic nitrogens is 1. The number of alkyl halides is 2. The highest BCUT2D eigenvalue weighted by atomic mass is 19.3. The summed E-state index contributed by atoms with van der Waals surface area (Å²) in [5.74, 6) is -5.69. The standard InChI is InChI=1S/C25H30F2N4O4/c1-15-11-18(13-28-20(15)30-23(34)35-24(3,4)5)29-21(32)22(33)31-14-16(2)25(26,27)12-19(31)17-9-7-6-8-10-17/h6-11,13,16,19H,12,14H2,1-5H3,(H,29,32)(H,28,30,34)/t16-,19-/m0/s1. The van der Waals surface area contributed by atoms with Gasteiger partial charge in [0.2, 0.25) is 0 Å². The number of carbonyl (C=O) groups is 3. The molecular weight excluding hydrogens is 458 g/mol. The SMILES string of the molecule is Cc1cc(NC(=O)C(=O)N2C[C@H](C)C(F)(F)C[C@H]2c2ccccc2)cnc1NC(=O)OC(C)(C)C. The fraction of sp³-hybridized carbons (Fsp3) is 0.440. The number of hydrogen-bond donors (Lipinski definition) is 2. The van der Waals surface area contributed by atoms with Crippen LogP contribution in [0.3, 0.4) is 0 Å². The van der Waals surface area contributed by atoms with Crippen LogP contribution < -0.4 is 10.6 Å². The zero-order chi connectivity index (χ0) is 26.0. The van der Waals surface area contributed by atoms with Crippen molar-refractivity contribution in [3.63, 3.8) is 0 Å². The number of nitrogens with one attached hydrogen (secondary N) is 2. The fourth-order valence-electron chi connectivity index (χ4n) is 3.81. The number of carbonyl (C=O) groups excluding carboxylic acids is 3. The van der Waals surface area contributed by atoms with Crippen LogP contribution in [-0.4, -0.2) is 45.9 Å². The van der Waals surface area contributed by atoms with E-state index in [2.05, 4.69) is 15.6 Å². The van der Waals surface area contributed by atoms with E-state index in [1.807, 2.05) is 0 Å². The molecule has 1 saturated heterocycles. The van der Waals surface area contributed by atoms with E-state index in [1.165, 1.54) is 24.1 Å². The lowest BCUT2D eigenvalue weighted by Crippen LogP contribution is -2.52. The fourth-order valence-corrected chi connectivity index (χ4v) is 3.81. The van der Waals surface area contributed by atoms with Gasteiger partial charge in [0, 0.05) is 18.9 Å². The molecule has 35 heavy (non-hydrogen) atoms. The van der Waals surface area contributed by atoms with E-state index < -0.39 is 47.8 Å². The molecule has 1 aromatic heterocycles. The first-order valence-corrected chi connectivity index (χ1v) is 11.3. The highest BCUT2D eigenvalue weighted by Crippen LogP contribution is 2.43. The molecular formula is C25H30F2N4O4. The molecule has 3 amide bonds. The highest BCUT2D eigenvalue weighted by Gasteiger charge is 2.48. The summed E-state index contributed by atoms with van der Waals surface area (Å²) < 4.78 is 34.2. The number of piperidine rings is 1. The summed E-state index contributed by atoms with van der Waals surface area (Å²) in [5.41, 5.74) is 0.604. The lowest BCUT2D eigenvalue weighted by molar-refractivity contribution is -0.159. The molecule has 1 fully saturated rings. The molecule has 0 aliphatic carbocycles. The van der Waals surface area contributed by atoms with Crippen molar-refractivity contribution in [3.05, 3.63) is 53.7 Å². The van der Waals surface area contributed by atoms with Crippen LogP contribution in [0.1, 0.15) is 51.3 Å². The Kier molecular flexibility index (Phi) is 7.42. The van der Waals surface area contributed by atoms with Crippen LogP contribution in [0.4, 0.5) is 25.1 Å². The van der Waals surface area contributed by atoms with Gasteiger partial charge in [0.15, 0.2) is 0 Å². The number of amides is 3. The highest BCUT2D eigenvalue weighted by molar-refractivity contribution is 6.39. The molecule has 1 aliphatic heterocycles. The van der Waals surface area contributed by atoms with Crippen LogP contribution in [0.25, 0.3) is 0 Å². The molecule has 1 aliphatic rings. The maximum absolute atomic E-state index is 14.5. The third-order valence-corrected chi connectivity index (χ3v) is 5.63. The van der Waals surface area contributed by atoms with Crippen LogP contribution in [-0.2, 0) is 14.3 Å². The maximum atomic E-state index is 14.5. The Hall–Kier alpha value is -3.56. The van der Waals surface area contributed by atoms with Crippen LogP contribution in [0, 0.1) is 12.8 Å². The first-order chi connectivity index (χ1) is 16.3. The molecule has 0 bridgehead atoms. The summed E-state index contributed by atoms with van der Waals surface area (Å²) in [7, 11) is 0. The van der Waals surface area contributed by atoms with Gasteiger partial charge in [-0.1, -0.05) is 37.3 Å². The molecule has 1 aromatic carbocycles. The number of pyridine rings is 1. The molecule has 2 aromatic rings. The topological polar surface area (TPSA) is 101 Å². The summed E-state index contributed by atoms with van der Waals surface area (Å²) in [5, 5.41) is 5.01. The van der Waals surface area contributed by atoms with Crippen molar-refractivity contribution < 1.29 is 27.9 Å². The van der Waals surface area contributed by atoms with Gasteiger partial charge in [-0.05, 0) is 44.9 Å². The summed E-state index contributed by atoms with van der Waals surface area (Å²) in [6.07, 6.45) is 0.0400. The normalized spacial score (nSPS) is 19.6. The van der Waals surface area contributed by atoms with E-state index in [-0.39, 0.29) is 18.1 Å². The van der Waals surface area contributed by atoms with E-state index in [9.17, 15) is 23.2 Å². The van der Waals surface area contributed by atoms with Gasteiger partial charge >= 0.3 is 17.9 Å². The number of halogens is 2. The van der Waals surface area contributed by atoms with Crippen molar-refractivity contribution in [2.45, 2.75) is 58.6 Å². The quantitative estimate of drug-likeness (QED) is 0.598. The van der Waals surface area contributed by atoms with Crippen molar-refractivity contribution in [1.29, 1.82) is 0 Å². The van der Waals surface area contributed by atoms with Crippen molar-refractivity contribution in [1.82, 2.24) is 9.88 Å². The summed E-state index contributed by atoms with van der Waals surface area (Å²) in [6, 6.07) is 9.10. The summed E-state index contributed by atoms with van der Waals surface area (Å²) >= 11 is 0. The lowest BCUT2D eigenvalue weighted by atomic mass is 9.86. The number of nitrogens with zero attached hydrogens (tertiary/aromatic N) is 2. The Morgan fingerprint density at radius 3 is 2.40 bits per heavy atom. The van der Waals surface area contributed by atoms with Gasteiger partial charge in [-0.25, -0.2) is 18.6 Å². The third-order valence-electron chi connectivity index (χ3n) is 5.63. The molecule has 8 nitrogen and oxygen atoms in total. The van der Waals surface area contributed by atoms with E-state index in [1.54, 1.807) is 58.0 Å². The molecule has 0 unspecified atom stereocenters. The zero-order valence-electron chi connectivity index (χ0n) is 20.4. The van der Waals surface area contributed by atoms with Crippen molar-refractivity contribution in [2.75, 3.05) is 17.2 Å². The largest absolute Gasteiger partial charge is 0.444 e. The van der Waals surface area contributed by atoms with Gasteiger partial charge in [0.25, 0.3) is 5.92 Å². The monoisotopic (exact) mass is 488 g/mol. The second kappa shape index (κ2) is 9.97.